The minimum Gasteiger partial charge on any atom is -0.388 e. The maximum Gasteiger partial charge on any atom is 0.227 e. The van der Waals surface area contributed by atoms with E-state index in [1.165, 1.54) is 0 Å². The number of halogens is 1. The molecule has 1 amide bonds. The summed E-state index contributed by atoms with van der Waals surface area (Å²) in [6.07, 6.45) is -0.293. The molecule has 1 atom stereocenters. The highest BCUT2D eigenvalue weighted by Gasteiger charge is 2.17. The first-order chi connectivity index (χ1) is 10.0. The van der Waals surface area contributed by atoms with Gasteiger partial charge in [-0.2, -0.15) is 0 Å². The van der Waals surface area contributed by atoms with E-state index in [1.807, 2.05) is 6.92 Å². The zero-order chi connectivity index (χ0) is 15.4. The second kappa shape index (κ2) is 6.74. The summed E-state index contributed by atoms with van der Waals surface area (Å²) in [4.78, 5) is 12.0. The predicted octanol–water partition coefficient (Wildman–Crippen LogP) is 3.26. The zero-order valence-corrected chi connectivity index (χ0v) is 12.6. The molecule has 1 heterocycles. The van der Waals surface area contributed by atoms with Crippen LogP contribution in [0.5, 0.6) is 0 Å². The third-order valence-electron chi connectivity index (χ3n) is 3.15. The van der Waals surface area contributed by atoms with Gasteiger partial charge in [-0.1, -0.05) is 35.8 Å². The van der Waals surface area contributed by atoms with Gasteiger partial charge in [0.05, 0.1) is 12.5 Å². The summed E-state index contributed by atoms with van der Waals surface area (Å²) < 4.78 is 5.11. The highest BCUT2D eigenvalue weighted by atomic mass is 35.5. The van der Waals surface area contributed by atoms with Crippen LogP contribution in [0.3, 0.4) is 0 Å². The van der Waals surface area contributed by atoms with Crippen LogP contribution in [-0.4, -0.2) is 16.2 Å². The number of aliphatic hydroxyl groups excluding tert-OH is 1. The van der Waals surface area contributed by atoms with Crippen molar-refractivity contribution in [1.29, 1.82) is 0 Å². The Morgan fingerprint density at radius 3 is 2.71 bits per heavy atom. The third kappa shape index (κ3) is 3.83. The number of benzene rings is 1. The number of aryl methyl sites for hydroxylation is 2. The van der Waals surface area contributed by atoms with Crippen molar-refractivity contribution < 1.29 is 14.4 Å². The van der Waals surface area contributed by atoms with Crippen LogP contribution in [0.15, 0.2) is 28.8 Å². The van der Waals surface area contributed by atoms with Gasteiger partial charge in [-0.05, 0) is 24.6 Å². The molecule has 0 aliphatic rings. The summed E-state index contributed by atoms with van der Waals surface area (Å²) in [5.41, 5.74) is 1.86. The largest absolute Gasteiger partial charge is 0.388 e. The number of anilines is 1. The summed E-state index contributed by atoms with van der Waals surface area (Å²) in [6, 6.07) is 6.75. The molecular formula is C15H17ClN2O3. The number of nitrogens with one attached hydrogen (secondary N) is 1. The number of carbonyl (C=O) groups excluding carboxylic acids is 1. The van der Waals surface area contributed by atoms with Crippen LogP contribution in [-0.2, 0) is 11.2 Å². The van der Waals surface area contributed by atoms with E-state index in [4.69, 9.17) is 16.1 Å². The maximum absolute atomic E-state index is 12.0. The second-order valence-electron chi connectivity index (χ2n) is 4.74. The molecule has 1 aromatic heterocycles. The van der Waals surface area contributed by atoms with Crippen LogP contribution < -0.4 is 5.32 Å². The normalized spacial score (nSPS) is 12.2. The van der Waals surface area contributed by atoms with E-state index in [-0.39, 0.29) is 12.3 Å². The monoisotopic (exact) mass is 308 g/mol. The van der Waals surface area contributed by atoms with Crippen LogP contribution >= 0.6 is 11.6 Å². The Kier molecular flexibility index (Phi) is 4.98. The average Bonchev–Trinajstić information content (AvgIpc) is 2.80. The van der Waals surface area contributed by atoms with Crippen LogP contribution in [0.2, 0.25) is 5.02 Å². The second-order valence-corrected chi connectivity index (χ2v) is 5.18. The summed E-state index contributed by atoms with van der Waals surface area (Å²) in [5, 5.41) is 17.2. The molecule has 0 aliphatic heterocycles. The summed E-state index contributed by atoms with van der Waals surface area (Å²) >= 11 is 5.79. The molecule has 5 nitrogen and oxygen atoms in total. The van der Waals surface area contributed by atoms with Gasteiger partial charge < -0.3 is 14.9 Å². The number of hydrogen-bond acceptors (Lipinski definition) is 4. The molecule has 0 bridgehead atoms. The van der Waals surface area contributed by atoms with E-state index in [0.29, 0.717) is 34.1 Å². The fourth-order valence-corrected chi connectivity index (χ4v) is 2.11. The molecule has 0 spiro atoms. The number of amides is 1. The van der Waals surface area contributed by atoms with E-state index < -0.39 is 6.10 Å². The number of rotatable bonds is 5. The van der Waals surface area contributed by atoms with E-state index in [2.05, 4.69) is 10.5 Å². The zero-order valence-electron chi connectivity index (χ0n) is 11.9. The van der Waals surface area contributed by atoms with Crippen molar-refractivity contribution in [3.05, 3.63) is 46.3 Å². The Morgan fingerprint density at radius 1 is 1.43 bits per heavy atom. The lowest BCUT2D eigenvalue weighted by Gasteiger charge is -2.11. The smallest absolute Gasteiger partial charge is 0.227 e. The van der Waals surface area contributed by atoms with Gasteiger partial charge in [-0.3, -0.25) is 4.79 Å². The fraction of sp³-hybridized carbons (Fsp3) is 0.333. The molecule has 0 aliphatic carbocycles. The van der Waals surface area contributed by atoms with Gasteiger partial charge in [0, 0.05) is 11.4 Å². The molecule has 1 aromatic carbocycles. The van der Waals surface area contributed by atoms with E-state index in [1.54, 1.807) is 31.2 Å². The minimum absolute atomic E-state index is 0.0462. The van der Waals surface area contributed by atoms with Gasteiger partial charge >= 0.3 is 0 Å². The van der Waals surface area contributed by atoms with Gasteiger partial charge in [0.1, 0.15) is 11.4 Å². The van der Waals surface area contributed by atoms with Crippen molar-refractivity contribution >= 4 is 23.2 Å². The number of carbonyl (C=O) groups is 1. The van der Waals surface area contributed by atoms with Crippen molar-refractivity contribution in [3.8, 4) is 0 Å². The Morgan fingerprint density at radius 2 is 2.10 bits per heavy atom. The Bertz CT molecular complexity index is 622. The third-order valence-corrected chi connectivity index (χ3v) is 3.40. The van der Waals surface area contributed by atoms with Crippen molar-refractivity contribution in [2.24, 2.45) is 0 Å². The highest BCUT2D eigenvalue weighted by Crippen LogP contribution is 2.23. The van der Waals surface area contributed by atoms with E-state index in [0.717, 1.165) is 0 Å². The molecule has 2 N–H and O–H groups in total. The average molecular weight is 309 g/mol. The minimum atomic E-state index is -0.882. The van der Waals surface area contributed by atoms with Crippen molar-refractivity contribution in [2.45, 2.75) is 32.8 Å². The number of aliphatic hydroxyl groups is 1. The summed E-state index contributed by atoms with van der Waals surface area (Å²) in [7, 11) is 0. The standard InChI is InChI=1S/C15H17ClN2O3/c1-3-13-15(9(2)18-21-13)17-14(20)8-12(19)10-4-6-11(16)7-5-10/h4-7,12,19H,3,8H2,1-2H3,(H,17,20). The first-order valence-electron chi connectivity index (χ1n) is 6.69. The lowest BCUT2D eigenvalue weighted by Crippen LogP contribution is -2.16. The summed E-state index contributed by atoms with van der Waals surface area (Å²) in [6.45, 7) is 3.67. The topological polar surface area (TPSA) is 75.4 Å². The molecule has 0 saturated carbocycles. The molecule has 0 fully saturated rings. The molecule has 6 heteroatoms. The molecule has 0 radical (unpaired) electrons. The van der Waals surface area contributed by atoms with Crippen LogP contribution in [0.25, 0.3) is 0 Å². The van der Waals surface area contributed by atoms with E-state index >= 15 is 0 Å². The van der Waals surface area contributed by atoms with Crippen molar-refractivity contribution in [2.75, 3.05) is 5.32 Å². The van der Waals surface area contributed by atoms with Gasteiger partial charge in [-0.15, -0.1) is 0 Å². The Labute approximate surface area is 127 Å². The fourth-order valence-electron chi connectivity index (χ4n) is 1.99. The molecule has 112 valence electrons. The SMILES string of the molecule is CCc1onc(C)c1NC(=O)CC(O)c1ccc(Cl)cc1. The van der Waals surface area contributed by atoms with Crippen LogP contribution in [0.1, 0.15) is 36.5 Å². The maximum atomic E-state index is 12.0. The lowest BCUT2D eigenvalue weighted by molar-refractivity contribution is -0.118. The quantitative estimate of drug-likeness (QED) is 0.889. The molecule has 2 aromatic rings. The molecular weight excluding hydrogens is 292 g/mol. The van der Waals surface area contributed by atoms with E-state index in [9.17, 15) is 9.90 Å². The van der Waals surface area contributed by atoms with Gasteiger partial charge in [0.25, 0.3) is 0 Å². The van der Waals surface area contributed by atoms with Crippen LogP contribution in [0.4, 0.5) is 5.69 Å². The molecule has 21 heavy (non-hydrogen) atoms. The highest BCUT2D eigenvalue weighted by molar-refractivity contribution is 6.30. The van der Waals surface area contributed by atoms with Crippen molar-refractivity contribution in [3.63, 3.8) is 0 Å². The van der Waals surface area contributed by atoms with Gasteiger partial charge in [0.15, 0.2) is 5.76 Å². The Hall–Kier alpha value is -1.85. The number of nitrogens with zero attached hydrogens (tertiary/aromatic N) is 1. The Balaban J connectivity index is 2.01. The lowest BCUT2D eigenvalue weighted by atomic mass is 10.1. The van der Waals surface area contributed by atoms with Crippen LogP contribution in [0, 0.1) is 6.92 Å². The van der Waals surface area contributed by atoms with Gasteiger partial charge in [-0.25, -0.2) is 0 Å². The first kappa shape index (κ1) is 15.5. The van der Waals surface area contributed by atoms with Gasteiger partial charge in [0.2, 0.25) is 5.91 Å². The molecule has 1 unspecified atom stereocenters. The molecule has 0 saturated heterocycles. The first-order valence-corrected chi connectivity index (χ1v) is 7.07. The van der Waals surface area contributed by atoms with Crippen molar-refractivity contribution in [1.82, 2.24) is 5.16 Å². The molecule has 2 rings (SSSR count). The predicted molar refractivity (Wildman–Crippen MR) is 80.3 cm³/mol. The number of hydrogen-bond donors (Lipinski definition) is 2. The summed E-state index contributed by atoms with van der Waals surface area (Å²) in [5.74, 6) is 0.334. The number of aromatic nitrogens is 1.